The monoisotopic (exact) mass is 374 g/mol. The summed E-state index contributed by atoms with van der Waals surface area (Å²) in [5.74, 6) is -0.0689. The van der Waals surface area contributed by atoms with E-state index in [1.165, 1.54) is 6.92 Å². The Hall–Kier alpha value is -1.69. The maximum Gasteiger partial charge on any atom is 0.272 e. The number of hydrogen-bond acceptors (Lipinski definition) is 4. The van der Waals surface area contributed by atoms with Gasteiger partial charge in [0.05, 0.1) is 10.0 Å². The molecule has 1 aromatic carbocycles. The third-order valence-corrected chi connectivity index (χ3v) is 4.00. The van der Waals surface area contributed by atoms with E-state index in [2.05, 4.69) is 10.6 Å². The van der Waals surface area contributed by atoms with E-state index >= 15 is 0 Å². The summed E-state index contributed by atoms with van der Waals surface area (Å²) in [4.78, 5) is 12.0. The molecule has 0 saturated heterocycles. The first-order chi connectivity index (χ1) is 10.8. The average Bonchev–Trinajstić information content (AvgIpc) is 2.52. The number of rotatable bonds is 6. The average molecular weight is 376 g/mol. The van der Waals surface area contributed by atoms with Gasteiger partial charge in [0.25, 0.3) is 5.91 Å². The summed E-state index contributed by atoms with van der Waals surface area (Å²) in [6.45, 7) is 3.70. The molecule has 0 atom stereocenters. The van der Waals surface area contributed by atoms with Crippen molar-refractivity contribution in [3.63, 3.8) is 0 Å². The zero-order valence-corrected chi connectivity index (χ0v) is 14.9. The van der Waals surface area contributed by atoms with Crippen LogP contribution in [0.3, 0.4) is 0 Å². The van der Waals surface area contributed by atoms with Crippen molar-refractivity contribution >= 4 is 45.9 Å². The van der Waals surface area contributed by atoms with Crippen LogP contribution < -0.4 is 16.4 Å². The topological polar surface area (TPSA) is 91.0 Å². The van der Waals surface area contributed by atoms with Crippen molar-refractivity contribution in [1.82, 2.24) is 10.6 Å². The molecule has 23 heavy (non-hydrogen) atoms. The molecular formula is C15H17Cl3N4O. The minimum Gasteiger partial charge on any atom is -0.394 e. The first-order valence-electron chi connectivity index (χ1n) is 6.62. The summed E-state index contributed by atoms with van der Waals surface area (Å²) in [6.07, 6.45) is 1.68. The lowest BCUT2D eigenvalue weighted by Crippen LogP contribution is -2.35. The van der Waals surface area contributed by atoms with Gasteiger partial charge >= 0.3 is 0 Å². The van der Waals surface area contributed by atoms with Gasteiger partial charge in [-0.1, -0.05) is 40.9 Å². The van der Waals surface area contributed by atoms with Gasteiger partial charge in [0.1, 0.15) is 16.7 Å². The van der Waals surface area contributed by atoms with E-state index in [-0.39, 0.29) is 16.4 Å². The van der Waals surface area contributed by atoms with Crippen LogP contribution in [0.4, 0.5) is 0 Å². The van der Waals surface area contributed by atoms with Gasteiger partial charge in [-0.15, -0.1) is 0 Å². The molecule has 0 saturated carbocycles. The van der Waals surface area contributed by atoms with Gasteiger partial charge in [0.15, 0.2) is 0 Å². The Labute approximate surface area is 150 Å². The van der Waals surface area contributed by atoms with Gasteiger partial charge in [-0.05, 0) is 37.6 Å². The van der Waals surface area contributed by atoms with Crippen molar-refractivity contribution < 1.29 is 4.79 Å². The second kappa shape index (κ2) is 8.82. The first-order valence-corrected chi connectivity index (χ1v) is 7.75. The Bertz CT molecular complexity index is 683. The molecule has 124 valence electrons. The molecule has 0 unspecified atom stereocenters. The Morgan fingerprint density at radius 2 is 2.00 bits per heavy atom. The van der Waals surface area contributed by atoms with Gasteiger partial charge in [-0.3, -0.25) is 10.2 Å². The predicted octanol–water partition coefficient (Wildman–Crippen LogP) is 3.51. The number of nitrogens with two attached hydrogens (primary N) is 1. The van der Waals surface area contributed by atoms with E-state index in [1.54, 1.807) is 25.1 Å². The molecule has 0 heterocycles. The van der Waals surface area contributed by atoms with Crippen LogP contribution in [-0.2, 0) is 11.3 Å². The third kappa shape index (κ3) is 5.78. The molecular weight excluding hydrogens is 359 g/mol. The van der Waals surface area contributed by atoms with E-state index < -0.39 is 5.91 Å². The fourth-order valence-corrected chi connectivity index (χ4v) is 1.97. The van der Waals surface area contributed by atoms with Gasteiger partial charge in [-0.2, -0.15) is 0 Å². The quantitative estimate of drug-likeness (QED) is 0.453. The van der Waals surface area contributed by atoms with Crippen LogP contribution >= 0.6 is 34.8 Å². The fourth-order valence-electron chi connectivity index (χ4n) is 1.54. The Morgan fingerprint density at radius 3 is 2.52 bits per heavy atom. The maximum atomic E-state index is 12.0. The molecule has 8 heteroatoms. The van der Waals surface area contributed by atoms with Crippen molar-refractivity contribution in [2.24, 2.45) is 5.73 Å². The molecule has 0 bridgehead atoms. The van der Waals surface area contributed by atoms with Crippen LogP contribution in [0.1, 0.15) is 19.4 Å². The second-order valence-corrected chi connectivity index (χ2v) is 5.80. The van der Waals surface area contributed by atoms with E-state index in [9.17, 15) is 4.79 Å². The summed E-state index contributed by atoms with van der Waals surface area (Å²) >= 11 is 17.3. The highest BCUT2D eigenvalue weighted by Crippen LogP contribution is 2.22. The molecule has 1 aromatic rings. The van der Waals surface area contributed by atoms with E-state index in [1.807, 2.05) is 6.07 Å². The summed E-state index contributed by atoms with van der Waals surface area (Å²) in [6, 6.07) is 5.26. The fraction of sp³-hybridized carbons (Fsp3) is 0.200. The molecule has 5 nitrogen and oxygen atoms in total. The molecule has 0 aliphatic heterocycles. The lowest BCUT2D eigenvalue weighted by atomic mass is 10.2. The summed E-state index contributed by atoms with van der Waals surface area (Å²) in [5.41, 5.74) is 6.66. The van der Waals surface area contributed by atoms with E-state index in [4.69, 9.17) is 45.9 Å². The maximum absolute atomic E-state index is 12.0. The van der Waals surface area contributed by atoms with Gasteiger partial charge in [0.2, 0.25) is 0 Å². The van der Waals surface area contributed by atoms with Gasteiger partial charge in [-0.25, -0.2) is 0 Å². The van der Waals surface area contributed by atoms with Crippen LogP contribution in [0.5, 0.6) is 0 Å². The molecule has 1 rings (SSSR count). The largest absolute Gasteiger partial charge is 0.394 e. The van der Waals surface area contributed by atoms with Crippen molar-refractivity contribution in [3.8, 4) is 0 Å². The number of hydrogen-bond donors (Lipinski definition) is 4. The zero-order chi connectivity index (χ0) is 17.6. The number of halogens is 3. The van der Waals surface area contributed by atoms with Crippen molar-refractivity contribution in [2.45, 2.75) is 20.4 Å². The normalized spacial score (nSPS) is 12.5. The highest BCUT2D eigenvalue weighted by Gasteiger charge is 2.12. The van der Waals surface area contributed by atoms with Crippen molar-refractivity contribution in [2.75, 3.05) is 0 Å². The number of benzene rings is 1. The highest BCUT2D eigenvalue weighted by molar-refractivity contribution is 6.68. The Morgan fingerprint density at radius 1 is 1.35 bits per heavy atom. The second-order valence-electron chi connectivity index (χ2n) is 4.61. The number of carbonyl (C=O) groups is 1. The zero-order valence-electron chi connectivity index (χ0n) is 12.6. The molecule has 5 N–H and O–H groups in total. The smallest absolute Gasteiger partial charge is 0.272 e. The lowest BCUT2D eigenvalue weighted by molar-refractivity contribution is -0.117. The SMILES string of the molecule is C/C=C(\NCc1ccc(Cl)c(Cl)c1)NC(=O)/C(N)=C(\C)C(=N)Cl. The Balaban J connectivity index is 2.72. The molecule has 1 amide bonds. The van der Waals surface area contributed by atoms with Gasteiger partial charge < -0.3 is 16.4 Å². The molecule has 0 radical (unpaired) electrons. The number of amides is 1. The standard InChI is InChI=1S/C15H17Cl3N4O/c1-3-12(22-15(23)13(19)8(2)14(18)20)21-7-9-4-5-10(16)11(17)6-9/h3-6,20-21H,7,19H2,1-2H3,(H,22,23)/b12-3+,13-8-,20-14?. The van der Waals surface area contributed by atoms with Gasteiger partial charge in [0, 0.05) is 12.1 Å². The van der Waals surface area contributed by atoms with Crippen LogP contribution in [0, 0.1) is 5.41 Å². The van der Waals surface area contributed by atoms with Crippen LogP contribution in [0.15, 0.2) is 41.4 Å². The first kappa shape index (κ1) is 19.4. The molecule has 0 aliphatic carbocycles. The number of nitrogens with one attached hydrogen (secondary N) is 3. The van der Waals surface area contributed by atoms with Crippen LogP contribution in [-0.4, -0.2) is 11.1 Å². The minimum atomic E-state index is -0.539. The summed E-state index contributed by atoms with van der Waals surface area (Å²) in [7, 11) is 0. The van der Waals surface area contributed by atoms with Crippen molar-refractivity contribution in [1.29, 1.82) is 5.41 Å². The number of carbonyl (C=O) groups excluding carboxylic acids is 1. The highest BCUT2D eigenvalue weighted by atomic mass is 35.5. The number of allylic oxidation sites excluding steroid dienone is 2. The molecule has 0 aromatic heterocycles. The summed E-state index contributed by atoms with van der Waals surface area (Å²) in [5, 5.41) is 13.6. The molecule has 0 aliphatic rings. The molecule has 0 spiro atoms. The predicted molar refractivity (Wildman–Crippen MR) is 95.7 cm³/mol. The van der Waals surface area contributed by atoms with E-state index in [0.29, 0.717) is 22.4 Å². The van der Waals surface area contributed by atoms with E-state index in [0.717, 1.165) is 5.56 Å². The van der Waals surface area contributed by atoms with Crippen molar-refractivity contribution in [3.05, 3.63) is 57.0 Å². The third-order valence-electron chi connectivity index (χ3n) is 2.98. The summed E-state index contributed by atoms with van der Waals surface area (Å²) < 4.78 is 0. The van der Waals surface area contributed by atoms with Crippen LogP contribution in [0.2, 0.25) is 10.0 Å². The Kier molecular flexibility index (Phi) is 7.42. The van der Waals surface area contributed by atoms with Crippen LogP contribution in [0.25, 0.3) is 0 Å². The molecule has 0 fully saturated rings. The minimum absolute atomic E-state index is 0.110. The lowest BCUT2D eigenvalue weighted by Gasteiger charge is -2.13.